The lowest BCUT2D eigenvalue weighted by Crippen LogP contribution is -2.49. The van der Waals surface area contributed by atoms with E-state index in [9.17, 15) is 29.4 Å². The van der Waals surface area contributed by atoms with E-state index in [2.05, 4.69) is 15.0 Å². The van der Waals surface area contributed by atoms with Crippen LogP contribution in [-0.2, 0) is 16.1 Å². The molecule has 3 heterocycles. The Hall–Kier alpha value is -4.52. The summed E-state index contributed by atoms with van der Waals surface area (Å²) in [6.45, 7) is 3.73. The van der Waals surface area contributed by atoms with Gasteiger partial charge in [0.25, 0.3) is 0 Å². The molecule has 13 heteroatoms. The highest BCUT2D eigenvalue weighted by Crippen LogP contribution is 2.24. The number of amides is 1. The number of esters is 1. The molecule has 1 amide bonds. The lowest BCUT2D eigenvalue weighted by Gasteiger charge is -2.35. The van der Waals surface area contributed by atoms with Crippen molar-refractivity contribution in [3.05, 3.63) is 57.6 Å². The van der Waals surface area contributed by atoms with E-state index in [0.717, 1.165) is 6.07 Å². The lowest BCUT2D eigenvalue weighted by atomic mass is 10.1. The molecular weight excluding hydrogens is 501 g/mol. The van der Waals surface area contributed by atoms with Crippen LogP contribution in [0.25, 0.3) is 11.0 Å². The van der Waals surface area contributed by atoms with Crippen molar-refractivity contribution in [3.63, 3.8) is 0 Å². The number of aryl methyl sites for hydroxylation is 1. The predicted molar refractivity (Wildman–Crippen MR) is 135 cm³/mol. The van der Waals surface area contributed by atoms with E-state index >= 15 is 4.39 Å². The van der Waals surface area contributed by atoms with Crippen LogP contribution in [0.1, 0.15) is 27.6 Å². The normalized spacial score (nSPS) is 13.9. The van der Waals surface area contributed by atoms with Gasteiger partial charge in [-0.25, -0.2) is 19.0 Å². The summed E-state index contributed by atoms with van der Waals surface area (Å²) in [6, 6.07) is 5.11. The van der Waals surface area contributed by atoms with Crippen LogP contribution in [0.4, 0.5) is 15.9 Å². The number of aromatic hydroxyl groups is 1. The second kappa shape index (κ2) is 10.8. The number of ether oxygens (including phenoxy) is 1. The monoisotopic (exact) mass is 527 g/mol. The number of benzene rings is 1. The maximum Gasteiger partial charge on any atom is 0.341 e. The lowest BCUT2D eigenvalue weighted by molar-refractivity contribution is -0.117. The van der Waals surface area contributed by atoms with Gasteiger partial charge in [0.05, 0.1) is 19.0 Å². The highest BCUT2D eigenvalue weighted by Gasteiger charge is 2.25. The number of hydrogen-bond donors (Lipinski definition) is 3. The molecule has 200 valence electrons. The van der Waals surface area contributed by atoms with Gasteiger partial charge in [-0.2, -0.15) is 0 Å². The van der Waals surface area contributed by atoms with E-state index in [0.29, 0.717) is 38.4 Å². The molecule has 1 saturated heterocycles. The maximum atomic E-state index is 15.0. The molecule has 12 nitrogen and oxygen atoms in total. The summed E-state index contributed by atoms with van der Waals surface area (Å²) in [4.78, 5) is 56.0. The molecule has 1 aromatic carbocycles. The first-order chi connectivity index (χ1) is 18.1. The number of piperazine rings is 1. The standard InChI is InChI=1S/C25H26FN5O7/c1-3-30-12-17(24(35)36)21(34)16-11-18(26)23(28-22(16)30)31-8-6-29(7-9-31)13-20(33)27-14-4-5-15(19(32)10-14)25(37)38-2/h4-5,10-12,32H,3,6-9,13H2,1-2H3,(H,27,33)(H,35,36). The Morgan fingerprint density at radius 2 is 1.84 bits per heavy atom. The number of aromatic nitrogens is 2. The van der Waals surface area contributed by atoms with Crippen molar-refractivity contribution < 1.29 is 33.7 Å². The molecule has 0 saturated carbocycles. The number of aromatic carboxylic acids is 1. The zero-order valence-electron chi connectivity index (χ0n) is 20.7. The zero-order chi connectivity index (χ0) is 27.6. The number of nitrogens with one attached hydrogen (secondary N) is 1. The fourth-order valence-electron chi connectivity index (χ4n) is 4.31. The van der Waals surface area contributed by atoms with Gasteiger partial charge in [-0.05, 0) is 25.1 Å². The van der Waals surface area contributed by atoms with Crippen LogP contribution in [0.15, 0.2) is 35.3 Å². The fraction of sp³-hybridized carbons (Fsp3) is 0.320. The number of carboxylic acid groups (broad SMARTS) is 1. The minimum absolute atomic E-state index is 0.0191. The summed E-state index contributed by atoms with van der Waals surface area (Å²) in [7, 11) is 1.20. The van der Waals surface area contributed by atoms with E-state index < -0.39 is 28.7 Å². The number of methoxy groups -OCH3 is 1. The number of carbonyl (C=O) groups is 3. The Labute approximate surface area is 215 Å². The molecule has 1 fully saturated rings. The van der Waals surface area contributed by atoms with Crippen molar-refractivity contribution in [2.24, 2.45) is 0 Å². The van der Waals surface area contributed by atoms with Crippen LogP contribution in [0.2, 0.25) is 0 Å². The maximum absolute atomic E-state index is 15.0. The highest BCUT2D eigenvalue weighted by atomic mass is 19.1. The van der Waals surface area contributed by atoms with E-state index in [1.807, 2.05) is 4.90 Å². The van der Waals surface area contributed by atoms with Crippen molar-refractivity contribution >= 4 is 40.4 Å². The van der Waals surface area contributed by atoms with Gasteiger partial charge in [0.1, 0.15) is 22.5 Å². The molecule has 1 aliphatic rings. The van der Waals surface area contributed by atoms with Crippen LogP contribution >= 0.6 is 0 Å². The fourth-order valence-corrected chi connectivity index (χ4v) is 4.31. The summed E-state index contributed by atoms with van der Waals surface area (Å²) in [5.41, 5.74) is -0.750. The third-order valence-corrected chi connectivity index (χ3v) is 6.28. The van der Waals surface area contributed by atoms with Gasteiger partial charge in [-0.1, -0.05) is 0 Å². The number of anilines is 2. The third-order valence-electron chi connectivity index (χ3n) is 6.28. The average Bonchev–Trinajstić information content (AvgIpc) is 2.89. The first kappa shape index (κ1) is 26.5. The van der Waals surface area contributed by atoms with Crippen molar-refractivity contribution in [1.82, 2.24) is 14.5 Å². The van der Waals surface area contributed by atoms with Crippen LogP contribution in [-0.4, -0.2) is 82.3 Å². The van der Waals surface area contributed by atoms with E-state index in [1.165, 1.54) is 36.1 Å². The summed E-state index contributed by atoms with van der Waals surface area (Å²) in [6.07, 6.45) is 1.21. The Kier molecular flexibility index (Phi) is 7.57. The minimum atomic E-state index is -1.39. The Morgan fingerprint density at radius 1 is 1.13 bits per heavy atom. The molecule has 2 aromatic heterocycles. The molecule has 4 rings (SSSR count). The number of nitrogens with zero attached hydrogens (tertiary/aromatic N) is 4. The first-order valence-electron chi connectivity index (χ1n) is 11.8. The summed E-state index contributed by atoms with van der Waals surface area (Å²) in [5.74, 6) is -3.42. The molecule has 0 unspecified atom stereocenters. The molecule has 3 aromatic rings. The molecular formula is C25H26FN5O7. The third kappa shape index (κ3) is 5.27. The second-order valence-corrected chi connectivity index (χ2v) is 8.66. The highest BCUT2D eigenvalue weighted by molar-refractivity contribution is 5.96. The first-order valence-corrected chi connectivity index (χ1v) is 11.8. The number of pyridine rings is 2. The van der Waals surface area contributed by atoms with E-state index in [-0.39, 0.29) is 40.6 Å². The number of phenolic OH excluding ortho intramolecular Hbond substituents is 1. The topological polar surface area (TPSA) is 154 Å². The summed E-state index contributed by atoms with van der Waals surface area (Å²) >= 11 is 0. The molecule has 38 heavy (non-hydrogen) atoms. The number of phenols is 1. The van der Waals surface area contributed by atoms with Crippen LogP contribution in [0.3, 0.4) is 0 Å². The Morgan fingerprint density at radius 3 is 2.45 bits per heavy atom. The molecule has 0 atom stereocenters. The van der Waals surface area contributed by atoms with Crippen molar-refractivity contribution in [1.29, 1.82) is 0 Å². The van der Waals surface area contributed by atoms with Gasteiger partial charge in [0.15, 0.2) is 11.6 Å². The van der Waals surface area contributed by atoms with Crippen LogP contribution in [0, 0.1) is 5.82 Å². The van der Waals surface area contributed by atoms with Crippen LogP contribution in [0.5, 0.6) is 5.75 Å². The molecule has 3 N–H and O–H groups in total. The molecule has 0 spiro atoms. The quantitative estimate of drug-likeness (QED) is 0.385. The number of fused-ring (bicyclic) bond motifs is 1. The smallest absolute Gasteiger partial charge is 0.341 e. The van der Waals surface area contributed by atoms with E-state index in [1.54, 1.807) is 11.8 Å². The number of halogens is 1. The predicted octanol–water partition coefficient (Wildman–Crippen LogP) is 1.51. The summed E-state index contributed by atoms with van der Waals surface area (Å²) in [5, 5.41) is 21.8. The second-order valence-electron chi connectivity index (χ2n) is 8.66. The van der Waals surface area contributed by atoms with Gasteiger partial charge in [-0.15, -0.1) is 0 Å². The van der Waals surface area contributed by atoms with Gasteiger partial charge in [0.2, 0.25) is 11.3 Å². The van der Waals surface area contributed by atoms with Crippen molar-refractivity contribution in [2.45, 2.75) is 13.5 Å². The van der Waals surface area contributed by atoms with Crippen LogP contribution < -0.4 is 15.6 Å². The van der Waals surface area contributed by atoms with Gasteiger partial charge < -0.3 is 29.7 Å². The number of hydrogen-bond acceptors (Lipinski definition) is 9. The van der Waals surface area contributed by atoms with Crippen molar-refractivity contribution in [3.8, 4) is 5.75 Å². The minimum Gasteiger partial charge on any atom is -0.507 e. The van der Waals surface area contributed by atoms with Gasteiger partial charge >= 0.3 is 11.9 Å². The molecule has 0 radical (unpaired) electrons. The summed E-state index contributed by atoms with van der Waals surface area (Å²) < 4.78 is 21.1. The number of carbonyl (C=O) groups excluding carboxylic acids is 2. The zero-order valence-corrected chi connectivity index (χ0v) is 20.7. The number of rotatable bonds is 7. The molecule has 0 bridgehead atoms. The Balaban J connectivity index is 1.43. The van der Waals surface area contributed by atoms with E-state index in [4.69, 9.17) is 0 Å². The SMILES string of the molecule is CCn1cc(C(=O)O)c(=O)c2cc(F)c(N3CCN(CC(=O)Nc4ccc(C(=O)OC)c(O)c4)CC3)nc21. The number of carboxylic acids is 1. The Bertz CT molecular complexity index is 1480. The van der Waals surface area contributed by atoms with Crippen molar-refractivity contribution in [2.75, 3.05) is 50.1 Å². The molecule has 0 aliphatic carbocycles. The largest absolute Gasteiger partial charge is 0.507 e. The molecule has 1 aliphatic heterocycles. The average molecular weight is 528 g/mol. The van der Waals surface area contributed by atoms with Gasteiger partial charge in [0, 0.05) is 50.7 Å². The van der Waals surface area contributed by atoms with Gasteiger partial charge in [-0.3, -0.25) is 14.5 Å².